The highest BCUT2D eigenvalue weighted by Crippen LogP contribution is 2.18. The number of aromatic hydroxyl groups is 1. The predicted octanol–water partition coefficient (Wildman–Crippen LogP) is 2.82. The lowest BCUT2D eigenvalue weighted by molar-refractivity contribution is 0.119. The summed E-state index contributed by atoms with van der Waals surface area (Å²) >= 11 is 0. The van der Waals surface area contributed by atoms with E-state index in [1.807, 2.05) is 12.1 Å². The molecule has 1 N–H and O–H groups in total. The molecule has 18 heavy (non-hydrogen) atoms. The number of methoxy groups -OCH3 is 1. The molecule has 0 bridgehead atoms. The van der Waals surface area contributed by atoms with Crippen molar-refractivity contribution in [3.8, 4) is 23.0 Å². The summed E-state index contributed by atoms with van der Waals surface area (Å²) in [4.78, 5) is 0. The minimum absolute atomic E-state index is 0.108. The molecule has 0 radical (unpaired) electrons. The maximum Gasteiger partial charge on any atom is 0.230 e. The minimum atomic E-state index is 0.108. The zero-order chi connectivity index (χ0) is 12.8. The van der Waals surface area contributed by atoms with Crippen molar-refractivity contribution in [2.24, 2.45) is 0 Å². The molecule has 0 amide bonds. The smallest absolute Gasteiger partial charge is 0.230 e. The van der Waals surface area contributed by atoms with Crippen LogP contribution in [0.5, 0.6) is 23.0 Å². The SMILES string of the molecule is COc1ccc(OCOc2ccc(O)cc2)cc1. The second-order valence-corrected chi connectivity index (χ2v) is 3.58. The molecule has 0 atom stereocenters. The molecule has 4 nitrogen and oxygen atoms in total. The molecule has 0 fully saturated rings. The van der Waals surface area contributed by atoms with E-state index in [2.05, 4.69) is 0 Å². The molecule has 0 heterocycles. The van der Waals surface area contributed by atoms with E-state index in [9.17, 15) is 0 Å². The Kier molecular flexibility index (Phi) is 3.91. The van der Waals surface area contributed by atoms with Crippen molar-refractivity contribution in [1.82, 2.24) is 0 Å². The van der Waals surface area contributed by atoms with E-state index in [-0.39, 0.29) is 12.5 Å². The third kappa shape index (κ3) is 3.31. The van der Waals surface area contributed by atoms with Gasteiger partial charge in [-0.3, -0.25) is 0 Å². The van der Waals surface area contributed by atoms with Gasteiger partial charge in [-0.1, -0.05) is 0 Å². The Morgan fingerprint density at radius 1 is 0.778 bits per heavy atom. The minimum Gasteiger partial charge on any atom is -0.508 e. The van der Waals surface area contributed by atoms with Crippen LogP contribution in [0.2, 0.25) is 0 Å². The molecule has 0 aliphatic rings. The summed E-state index contributed by atoms with van der Waals surface area (Å²) in [7, 11) is 1.61. The molecule has 0 unspecified atom stereocenters. The maximum absolute atomic E-state index is 9.11. The summed E-state index contributed by atoms with van der Waals surface area (Å²) in [6, 6.07) is 13.7. The third-order valence-electron chi connectivity index (χ3n) is 2.35. The third-order valence-corrected chi connectivity index (χ3v) is 2.35. The van der Waals surface area contributed by atoms with E-state index in [1.165, 1.54) is 0 Å². The number of hydrogen-bond donors (Lipinski definition) is 1. The van der Waals surface area contributed by atoms with E-state index in [1.54, 1.807) is 43.5 Å². The van der Waals surface area contributed by atoms with Crippen LogP contribution in [0, 0.1) is 0 Å². The molecule has 0 saturated carbocycles. The summed E-state index contributed by atoms with van der Waals surface area (Å²) in [6.07, 6.45) is 0. The van der Waals surface area contributed by atoms with Crippen LogP contribution in [-0.4, -0.2) is 19.0 Å². The van der Waals surface area contributed by atoms with Crippen LogP contribution in [0.15, 0.2) is 48.5 Å². The summed E-state index contributed by atoms with van der Waals surface area (Å²) in [6.45, 7) is 0.108. The Labute approximate surface area is 105 Å². The van der Waals surface area contributed by atoms with Gasteiger partial charge >= 0.3 is 0 Å². The zero-order valence-electron chi connectivity index (χ0n) is 10.00. The monoisotopic (exact) mass is 246 g/mol. The van der Waals surface area contributed by atoms with Crippen LogP contribution >= 0.6 is 0 Å². The molecule has 0 aromatic heterocycles. The van der Waals surface area contributed by atoms with E-state index < -0.39 is 0 Å². The standard InChI is InChI=1S/C14H14O4/c1-16-12-6-8-14(9-7-12)18-10-17-13-4-2-11(15)3-5-13/h2-9,15H,10H2,1H3. The summed E-state index contributed by atoms with van der Waals surface area (Å²) < 4.78 is 15.8. The molecule has 0 spiro atoms. The molecular formula is C14H14O4. The van der Waals surface area contributed by atoms with Gasteiger partial charge in [-0.15, -0.1) is 0 Å². The Hall–Kier alpha value is -2.36. The van der Waals surface area contributed by atoms with Crippen LogP contribution in [0.25, 0.3) is 0 Å². The first-order chi connectivity index (χ1) is 8.78. The number of phenols is 1. The van der Waals surface area contributed by atoms with Gasteiger partial charge in [0.2, 0.25) is 6.79 Å². The Morgan fingerprint density at radius 3 is 1.72 bits per heavy atom. The molecule has 2 aromatic rings. The molecule has 2 aromatic carbocycles. The van der Waals surface area contributed by atoms with E-state index in [0.29, 0.717) is 11.5 Å². The lowest BCUT2D eigenvalue weighted by atomic mass is 10.3. The highest BCUT2D eigenvalue weighted by atomic mass is 16.7. The lowest BCUT2D eigenvalue weighted by Crippen LogP contribution is -2.05. The number of benzene rings is 2. The summed E-state index contributed by atoms with van der Waals surface area (Å²) in [5.74, 6) is 2.33. The number of rotatable bonds is 5. The van der Waals surface area contributed by atoms with Gasteiger partial charge in [0.25, 0.3) is 0 Å². The van der Waals surface area contributed by atoms with Crippen molar-refractivity contribution in [2.45, 2.75) is 0 Å². The first-order valence-corrected chi connectivity index (χ1v) is 5.46. The van der Waals surface area contributed by atoms with Gasteiger partial charge in [0.15, 0.2) is 0 Å². The van der Waals surface area contributed by atoms with Crippen molar-refractivity contribution in [2.75, 3.05) is 13.9 Å². The van der Waals surface area contributed by atoms with Crippen molar-refractivity contribution in [3.63, 3.8) is 0 Å². The summed E-state index contributed by atoms with van der Waals surface area (Å²) in [5, 5.41) is 9.11. The van der Waals surface area contributed by atoms with Gasteiger partial charge in [0, 0.05) is 0 Å². The second-order valence-electron chi connectivity index (χ2n) is 3.58. The van der Waals surface area contributed by atoms with E-state index in [0.717, 1.165) is 5.75 Å². The number of hydrogen-bond acceptors (Lipinski definition) is 4. The summed E-state index contributed by atoms with van der Waals surface area (Å²) in [5.41, 5.74) is 0. The van der Waals surface area contributed by atoms with Gasteiger partial charge in [0.05, 0.1) is 7.11 Å². The topological polar surface area (TPSA) is 47.9 Å². The van der Waals surface area contributed by atoms with Gasteiger partial charge < -0.3 is 19.3 Å². The first kappa shape index (κ1) is 12.1. The van der Waals surface area contributed by atoms with Crippen molar-refractivity contribution < 1.29 is 19.3 Å². The van der Waals surface area contributed by atoms with E-state index in [4.69, 9.17) is 19.3 Å². The molecule has 0 aliphatic heterocycles. The average molecular weight is 246 g/mol. The normalized spacial score (nSPS) is 9.83. The zero-order valence-corrected chi connectivity index (χ0v) is 10.00. The van der Waals surface area contributed by atoms with Crippen molar-refractivity contribution >= 4 is 0 Å². The average Bonchev–Trinajstić information content (AvgIpc) is 2.42. The molecular weight excluding hydrogens is 232 g/mol. The second kappa shape index (κ2) is 5.82. The molecule has 4 heteroatoms. The number of phenolic OH excluding ortho intramolecular Hbond substituents is 1. The van der Waals surface area contributed by atoms with Crippen LogP contribution in [0.3, 0.4) is 0 Å². The molecule has 2 rings (SSSR count). The van der Waals surface area contributed by atoms with Crippen LogP contribution in [-0.2, 0) is 0 Å². The Morgan fingerprint density at radius 2 is 1.22 bits per heavy atom. The Balaban J connectivity index is 1.82. The molecule has 94 valence electrons. The fraction of sp³-hybridized carbons (Fsp3) is 0.143. The lowest BCUT2D eigenvalue weighted by Gasteiger charge is -2.08. The van der Waals surface area contributed by atoms with Gasteiger partial charge in [-0.05, 0) is 48.5 Å². The largest absolute Gasteiger partial charge is 0.508 e. The fourth-order valence-corrected chi connectivity index (χ4v) is 1.38. The van der Waals surface area contributed by atoms with Crippen LogP contribution in [0.4, 0.5) is 0 Å². The molecule has 0 aliphatic carbocycles. The predicted molar refractivity (Wildman–Crippen MR) is 67.2 cm³/mol. The van der Waals surface area contributed by atoms with Crippen LogP contribution < -0.4 is 14.2 Å². The first-order valence-electron chi connectivity index (χ1n) is 5.46. The molecule has 0 saturated heterocycles. The highest BCUT2D eigenvalue weighted by Gasteiger charge is 1.97. The Bertz CT molecular complexity index is 476. The van der Waals surface area contributed by atoms with Crippen molar-refractivity contribution in [1.29, 1.82) is 0 Å². The van der Waals surface area contributed by atoms with Crippen molar-refractivity contribution in [3.05, 3.63) is 48.5 Å². The van der Waals surface area contributed by atoms with Gasteiger partial charge in [-0.25, -0.2) is 0 Å². The number of ether oxygens (including phenoxy) is 3. The van der Waals surface area contributed by atoms with Crippen LogP contribution in [0.1, 0.15) is 0 Å². The van der Waals surface area contributed by atoms with E-state index >= 15 is 0 Å². The highest BCUT2D eigenvalue weighted by molar-refractivity contribution is 5.31. The van der Waals surface area contributed by atoms with Gasteiger partial charge in [-0.2, -0.15) is 0 Å². The fourth-order valence-electron chi connectivity index (χ4n) is 1.38. The van der Waals surface area contributed by atoms with Gasteiger partial charge in [0.1, 0.15) is 23.0 Å². The maximum atomic E-state index is 9.11. The quantitative estimate of drug-likeness (QED) is 0.824.